The Morgan fingerprint density at radius 3 is 2.10 bits per heavy atom. The van der Waals surface area contributed by atoms with E-state index in [0.29, 0.717) is 17.2 Å². The maximum atomic E-state index is 6.14. The van der Waals surface area contributed by atoms with Crippen molar-refractivity contribution in [3.05, 3.63) is 42.0 Å². The molecule has 0 aromatic heterocycles. The highest BCUT2D eigenvalue weighted by Gasteiger charge is 2.13. The molecule has 0 aliphatic carbocycles. The number of benzene rings is 2. The van der Waals surface area contributed by atoms with E-state index in [4.69, 9.17) is 15.2 Å². The van der Waals surface area contributed by atoms with E-state index in [0.717, 1.165) is 17.8 Å². The SMILES string of the molecule is CCc1ccc(N(C)c2cc(OC)c(OC)cc2N)cc1. The highest BCUT2D eigenvalue weighted by molar-refractivity contribution is 5.78. The van der Waals surface area contributed by atoms with Crippen molar-refractivity contribution in [1.29, 1.82) is 0 Å². The Balaban J connectivity index is 2.39. The molecule has 0 heterocycles. The Bertz CT molecular complexity index is 609. The van der Waals surface area contributed by atoms with E-state index in [1.54, 1.807) is 20.3 Å². The second-order valence-corrected chi connectivity index (χ2v) is 4.85. The summed E-state index contributed by atoms with van der Waals surface area (Å²) >= 11 is 0. The second-order valence-electron chi connectivity index (χ2n) is 4.85. The molecular formula is C17H22N2O2. The van der Waals surface area contributed by atoms with Crippen LogP contribution >= 0.6 is 0 Å². The van der Waals surface area contributed by atoms with Gasteiger partial charge in [-0.15, -0.1) is 0 Å². The van der Waals surface area contributed by atoms with Crippen molar-refractivity contribution in [3.63, 3.8) is 0 Å². The van der Waals surface area contributed by atoms with E-state index in [-0.39, 0.29) is 0 Å². The van der Waals surface area contributed by atoms with Crippen LogP contribution in [0.25, 0.3) is 0 Å². The molecule has 0 radical (unpaired) electrons. The summed E-state index contributed by atoms with van der Waals surface area (Å²) in [4.78, 5) is 2.04. The van der Waals surface area contributed by atoms with Gasteiger partial charge in [0, 0.05) is 24.9 Å². The van der Waals surface area contributed by atoms with Crippen molar-refractivity contribution in [3.8, 4) is 11.5 Å². The Morgan fingerprint density at radius 1 is 1.00 bits per heavy atom. The highest BCUT2D eigenvalue weighted by Crippen LogP contribution is 2.38. The third-order valence-corrected chi connectivity index (χ3v) is 3.63. The lowest BCUT2D eigenvalue weighted by Crippen LogP contribution is -2.12. The fourth-order valence-electron chi connectivity index (χ4n) is 2.27. The van der Waals surface area contributed by atoms with Crippen LogP contribution in [0.2, 0.25) is 0 Å². The van der Waals surface area contributed by atoms with Crippen molar-refractivity contribution in [1.82, 2.24) is 0 Å². The molecule has 0 saturated heterocycles. The minimum absolute atomic E-state index is 0.633. The summed E-state index contributed by atoms with van der Waals surface area (Å²) in [5.74, 6) is 1.30. The van der Waals surface area contributed by atoms with Gasteiger partial charge in [0.1, 0.15) is 0 Å². The van der Waals surface area contributed by atoms with Gasteiger partial charge in [-0.05, 0) is 24.1 Å². The van der Waals surface area contributed by atoms with Gasteiger partial charge in [-0.25, -0.2) is 0 Å². The zero-order chi connectivity index (χ0) is 15.4. The number of hydrogen-bond donors (Lipinski definition) is 1. The van der Waals surface area contributed by atoms with Gasteiger partial charge in [0.2, 0.25) is 0 Å². The standard InChI is InChI=1S/C17H22N2O2/c1-5-12-6-8-13(9-7-12)19(2)15-11-17(21-4)16(20-3)10-14(15)18/h6-11H,5,18H2,1-4H3. The molecule has 2 rings (SSSR count). The molecule has 4 heteroatoms. The first-order valence-corrected chi connectivity index (χ1v) is 6.94. The summed E-state index contributed by atoms with van der Waals surface area (Å²) in [5, 5.41) is 0. The molecule has 2 aromatic rings. The molecule has 0 fully saturated rings. The van der Waals surface area contributed by atoms with Gasteiger partial charge >= 0.3 is 0 Å². The van der Waals surface area contributed by atoms with Crippen LogP contribution in [0, 0.1) is 0 Å². The molecule has 0 spiro atoms. The minimum Gasteiger partial charge on any atom is -0.493 e. The first kappa shape index (κ1) is 15.0. The first-order chi connectivity index (χ1) is 10.1. The van der Waals surface area contributed by atoms with E-state index in [1.165, 1.54) is 5.56 Å². The maximum Gasteiger partial charge on any atom is 0.162 e. The van der Waals surface area contributed by atoms with Crippen molar-refractivity contribution in [2.24, 2.45) is 0 Å². The fraction of sp³-hybridized carbons (Fsp3) is 0.294. The monoisotopic (exact) mass is 286 g/mol. The zero-order valence-electron chi connectivity index (χ0n) is 13.0. The Kier molecular flexibility index (Phi) is 4.58. The van der Waals surface area contributed by atoms with Crippen LogP contribution in [0.15, 0.2) is 36.4 Å². The Morgan fingerprint density at radius 2 is 1.57 bits per heavy atom. The van der Waals surface area contributed by atoms with Gasteiger partial charge in [0.05, 0.1) is 25.6 Å². The van der Waals surface area contributed by atoms with Crippen LogP contribution in [0.4, 0.5) is 17.1 Å². The number of nitrogens with two attached hydrogens (primary N) is 1. The van der Waals surface area contributed by atoms with E-state index in [1.807, 2.05) is 18.0 Å². The van der Waals surface area contributed by atoms with Gasteiger partial charge in [0.15, 0.2) is 11.5 Å². The smallest absolute Gasteiger partial charge is 0.162 e. The van der Waals surface area contributed by atoms with E-state index < -0.39 is 0 Å². The fourth-order valence-corrected chi connectivity index (χ4v) is 2.27. The van der Waals surface area contributed by atoms with Crippen LogP contribution in [0.5, 0.6) is 11.5 Å². The Hall–Kier alpha value is -2.36. The normalized spacial score (nSPS) is 10.3. The van der Waals surface area contributed by atoms with Crippen LogP contribution in [-0.4, -0.2) is 21.3 Å². The zero-order valence-corrected chi connectivity index (χ0v) is 13.0. The molecule has 0 saturated carbocycles. The minimum atomic E-state index is 0.633. The molecule has 21 heavy (non-hydrogen) atoms. The third kappa shape index (κ3) is 3.05. The molecule has 112 valence electrons. The third-order valence-electron chi connectivity index (χ3n) is 3.63. The molecule has 2 N–H and O–H groups in total. The van der Waals surface area contributed by atoms with Crippen LogP contribution < -0.4 is 20.1 Å². The van der Waals surface area contributed by atoms with Gasteiger partial charge in [-0.3, -0.25) is 0 Å². The van der Waals surface area contributed by atoms with Gasteiger partial charge in [-0.1, -0.05) is 19.1 Å². The number of nitrogens with zero attached hydrogens (tertiary/aromatic N) is 1. The average molecular weight is 286 g/mol. The summed E-state index contributed by atoms with van der Waals surface area (Å²) in [5.41, 5.74) is 10.1. The number of ether oxygens (including phenoxy) is 2. The molecule has 0 aliphatic rings. The Labute approximate surface area is 126 Å². The van der Waals surface area contributed by atoms with Crippen LogP contribution in [-0.2, 0) is 6.42 Å². The van der Waals surface area contributed by atoms with Crippen molar-refractivity contribution >= 4 is 17.1 Å². The lowest BCUT2D eigenvalue weighted by molar-refractivity contribution is 0.355. The molecule has 0 unspecified atom stereocenters. The maximum absolute atomic E-state index is 6.14. The van der Waals surface area contributed by atoms with Crippen molar-refractivity contribution in [2.75, 3.05) is 31.9 Å². The highest BCUT2D eigenvalue weighted by atomic mass is 16.5. The molecular weight excluding hydrogens is 264 g/mol. The number of hydrogen-bond acceptors (Lipinski definition) is 4. The van der Waals surface area contributed by atoms with E-state index >= 15 is 0 Å². The summed E-state index contributed by atoms with van der Waals surface area (Å²) in [6.45, 7) is 2.14. The number of nitrogen functional groups attached to an aromatic ring is 1. The summed E-state index contributed by atoms with van der Waals surface area (Å²) in [6, 6.07) is 12.1. The lowest BCUT2D eigenvalue weighted by Gasteiger charge is -2.23. The van der Waals surface area contributed by atoms with Gasteiger partial charge in [0.25, 0.3) is 0 Å². The predicted octanol–water partition coefficient (Wildman–Crippen LogP) is 3.62. The van der Waals surface area contributed by atoms with E-state index in [9.17, 15) is 0 Å². The van der Waals surface area contributed by atoms with Gasteiger partial charge < -0.3 is 20.1 Å². The van der Waals surface area contributed by atoms with Crippen LogP contribution in [0.3, 0.4) is 0 Å². The molecule has 0 aliphatic heterocycles. The first-order valence-electron chi connectivity index (χ1n) is 6.94. The lowest BCUT2D eigenvalue weighted by atomic mass is 10.1. The van der Waals surface area contributed by atoms with Crippen molar-refractivity contribution in [2.45, 2.75) is 13.3 Å². The topological polar surface area (TPSA) is 47.7 Å². The van der Waals surface area contributed by atoms with E-state index in [2.05, 4.69) is 31.2 Å². The summed E-state index contributed by atoms with van der Waals surface area (Å²) in [6.07, 6.45) is 1.03. The number of methoxy groups -OCH3 is 2. The number of rotatable bonds is 5. The number of aryl methyl sites for hydroxylation is 1. The summed E-state index contributed by atoms with van der Waals surface area (Å²) < 4.78 is 10.6. The predicted molar refractivity (Wildman–Crippen MR) is 87.8 cm³/mol. The largest absolute Gasteiger partial charge is 0.493 e. The molecule has 0 bridgehead atoms. The summed E-state index contributed by atoms with van der Waals surface area (Å²) in [7, 11) is 5.20. The number of anilines is 3. The van der Waals surface area contributed by atoms with Gasteiger partial charge in [-0.2, -0.15) is 0 Å². The molecule has 0 amide bonds. The van der Waals surface area contributed by atoms with Crippen LogP contribution in [0.1, 0.15) is 12.5 Å². The average Bonchev–Trinajstić information content (AvgIpc) is 2.54. The second kappa shape index (κ2) is 6.39. The van der Waals surface area contributed by atoms with Crippen molar-refractivity contribution < 1.29 is 9.47 Å². The molecule has 2 aromatic carbocycles. The molecule has 0 atom stereocenters. The quantitative estimate of drug-likeness (QED) is 0.853. The molecule has 4 nitrogen and oxygen atoms in total.